The number of hydrogen-bond acceptors (Lipinski definition) is 3. The third-order valence-electron chi connectivity index (χ3n) is 3.01. The van der Waals surface area contributed by atoms with E-state index in [1.807, 2.05) is 13.0 Å². The van der Waals surface area contributed by atoms with E-state index in [1.165, 1.54) is 6.92 Å². The van der Waals surface area contributed by atoms with Crippen molar-refractivity contribution in [2.24, 2.45) is 0 Å². The van der Waals surface area contributed by atoms with Gasteiger partial charge in [0.15, 0.2) is 5.78 Å². The van der Waals surface area contributed by atoms with E-state index in [4.69, 9.17) is 10.8 Å². The van der Waals surface area contributed by atoms with Crippen LogP contribution in [-0.4, -0.2) is 17.2 Å². The Labute approximate surface area is 118 Å². The quantitative estimate of drug-likeness (QED) is 0.456. The average molecular weight is 262 g/mol. The number of aryl methyl sites for hydroxylation is 1. The SMILES string of the molecule is CC(=O)c1ccc(C)c(C#CC2=CC(=N)C(=N)C=C2)c1. The topological polar surface area (TPSA) is 64.8 Å². The lowest BCUT2D eigenvalue weighted by Crippen LogP contribution is -2.09. The van der Waals surface area contributed by atoms with E-state index in [0.717, 1.165) is 11.1 Å². The molecule has 2 N–H and O–H groups in total. The van der Waals surface area contributed by atoms with Gasteiger partial charge in [0.05, 0.1) is 11.4 Å². The van der Waals surface area contributed by atoms with E-state index in [9.17, 15) is 4.79 Å². The van der Waals surface area contributed by atoms with E-state index >= 15 is 0 Å². The summed E-state index contributed by atoms with van der Waals surface area (Å²) in [6.07, 6.45) is 4.85. The van der Waals surface area contributed by atoms with Gasteiger partial charge in [0.25, 0.3) is 0 Å². The molecule has 0 heterocycles. The number of ketones is 1. The standard InChI is InChI=1S/C17H14N2O/c1-11-3-6-15(12(2)20)10-14(11)7-4-13-5-8-16(18)17(19)9-13/h3,5-6,8-10,18-19H,1-2H3. The van der Waals surface area contributed by atoms with E-state index in [-0.39, 0.29) is 17.2 Å². The van der Waals surface area contributed by atoms with Crippen molar-refractivity contribution >= 4 is 17.2 Å². The molecule has 0 aromatic heterocycles. The molecular weight excluding hydrogens is 248 g/mol. The van der Waals surface area contributed by atoms with Crippen LogP contribution < -0.4 is 0 Å². The van der Waals surface area contributed by atoms with Gasteiger partial charge >= 0.3 is 0 Å². The highest BCUT2D eigenvalue weighted by atomic mass is 16.1. The number of hydrogen-bond donors (Lipinski definition) is 2. The molecule has 1 aromatic carbocycles. The molecule has 0 atom stereocenters. The minimum absolute atomic E-state index is 0.0139. The fourth-order valence-electron chi connectivity index (χ4n) is 1.74. The zero-order chi connectivity index (χ0) is 14.7. The highest BCUT2D eigenvalue weighted by molar-refractivity contribution is 6.49. The summed E-state index contributed by atoms with van der Waals surface area (Å²) >= 11 is 0. The predicted octanol–water partition coefficient (Wildman–Crippen LogP) is 3.08. The molecule has 0 saturated heterocycles. The van der Waals surface area contributed by atoms with Crippen LogP contribution in [-0.2, 0) is 0 Å². The highest BCUT2D eigenvalue weighted by Gasteiger charge is 2.05. The lowest BCUT2D eigenvalue weighted by atomic mass is 10.0. The van der Waals surface area contributed by atoms with Crippen LogP contribution >= 0.6 is 0 Å². The van der Waals surface area contributed by atoms with Crippen LogP contribution in [0.25, 0.3) is 0 Å². The summed E-state index contributed by atoms with van der Waals surface area (Å²) in [5.41, 5.74) is 3.49. The molecule has 0 saturated carbocycles. The number of benzene rings is 1. The van der Waals surface area contributed by atoms with Gasteiger partial charge in [-0.15, -0.1) is 0 Å². The number of carbonyl (C=O) groups excluding carboxylic acids is 1. The summed E-state index contributed by atoms with van der Waals surface area (Å²) < 4.78 is 0. The smallest absolute Gasteiger partial charge is 0.159 e. The predicted molar refractivity (Wildman–Crippen MR) is 80.7 cm³/mol. The van der Waals surface area contributed by atoms with E-state index in [1.54, 1.807) is 30.4 Å². The minimum atomic E-state index is 0.0139. The van der Waals surface area contributed by atoms with Gasteiger partial charge in [0, 0.05) is 16.7 Å². The number of nitrogens with one attached hydrogen (secondary N) is 2. The Morgan fingerprint density at radius 2 is 1.85 bits per heavy atom. The average Bonchev–Trinajstić information content (AvgIpc) is 2.41. The molecule has 0 fully saturated rings. The number of carbonyl (C=O) groups is 1. The Morgan fingerprint density at radius 3 is 2.50 bits per heavy atom. The lowest BCUT2D eigenvalue weighted by molar-refractivity contribution is 0.101. The Bertz CT molecular complexity index is 740. The molecule has 0 amide bonds. The highest BCUT2D eigenvalue weighted by Crippen LogP contribution is 2.11. The molecular formula is C17H14N2O. The first-order valence-corrected chi connectivity index (χ1v) is 6.18. The van der Waals surface area contributed by atoms with Crippen molar-refractivity contribution in [3.8, 4) is 11.8 Å². The fraction of sp³-hybridized carbons (Fsp3) is 0.118. The van der Waals surface area contributed by atoms with E-state index in [2.05, 4.69) is 11.8 Å². The Hall–Kier alpha value is -2.73. The summed E-state index contributed by atoms with van der Waals surface area (Å²) in [7, 11) is 0. The summed E-state index contributed by atoms with van der Waals surface area (Å²) in [5, 5.41) is 15.0. The van der Waals surface area contributed by atoms with Crippen LogP contribution in [0.5, 0.6) is 0 Å². The Balaban J connectivity index is 2.34. The van der Waals surface area contributed by atoms with E-state index in [0.29, 0.717) is 11.1 Å². The maximum atomic E-state index is 11.4. The fourth-order valence-corrected chi connectivity index (χ4v) is 1.74. The number of allylic oxidation sites excluding steroid dienone is 4. The molecule has 1 aliphatic rings. The van der Waals surface area contributed by atoms with Crippen LogP contribution in [0.1, 0.15) is 28.4 Å². The lowest BCUT2D eigenvalue weighted by Gasteiger charge is -2.03. The third kappa shape index (κ3) is 2.99. The maximum absolute atomic E-state index is 11.4. The molecule has 1 aromatic rings. The minimum Gasteiger partial charge on any atom is -0.299 e. The summed E-state index contributed by atoms with van der Waals surface area (Å²) in [5.74, 6) is 6.01. The van der Waals surface area contributed by atoms with Crippen molar-refractivity contribution in [1.29, 1.82) is 10.8 Å². The zero-order valence-corrected chi connectivity index (χ0v) is 11.4. The zero-order valence-electron chi connectivity index (χ0n) is 11.4. The van der Waals surface area contributed by atoms with Gasteiger partial charge in [-0.05, 0) is 43.7 Å². The first kappa shape index (κ1) is 13.7. The summed E-state index contributed by atoms with van der Waals surface area (Å²) in [6, 6.07) is 5.45. The molecule has 0 unspecified atom stereocenters. The second-order valence-corrected chi connectivity index (χ2v) is 4.60. The molecule has 3 heteroatoms. The Morgan fingerprint density at radius 1 is 1.10 bits per heavy atom. The first-order valence-electron chi connectivity index (χ1n) is 6.18. The monoisotopic (exact) mass is 262 g/mol. The molecule has 3 nitrogen and oxygen atoms in total. The Kier molecular flexibility index (Phi) is 3.76. The molecule has 0 spiro atoms. The van der Waals surface area contributed by atoms with Crippen molar-refractivity contribution in [1.82, 2.24) is 0 Å². The maximum Gasteiger partial charge on any atom is 0.159 e. The van der Waals surface area contributed by atoms with Crippen molar-refractivity contribution < 1.29 is 4.79 Å². The van der Waals surface area contributed by atoms with Gasteiger partial charge in [-0.2, -0.15) is 0 Å². The second-order valence-electron chi connectivity index (χ2n) is 4.60. The van der Waals surface area contributed by atoms with Crippen molar-refractivity contribution in [3.05, 3.63) is 58.7 Å². The van der Waals surface area contributed by atoms with Gasteiger partial charge in [-0.3, -0.25) is 15.6 Å². The molecule has 0 aliphatic heterocycles. The van der Waals surface area contributed by atoms with Crippen LogP contribution in [0.15, 0.2) is 42.0 Å². The second kappa shape index (κ2) is 5.50. The van der Waals surface area contributed by atoms with Gasteiger partial charge < -0.3 is 0 Å². The molecule has 0 bridgehead atoms. The number of rotatable bonds is 1. The normalized spacial score (nSPS) is 13.6. The largest absolute Gasteiger partial charge is 0.299 e. The molecule has 98 valence electrons. The molecule has 2 rings (SSSR count). The molecule has 1 aliphatic carbocycles. The summed E-state index contributed by atoms with van der Waals surface area (Å²) in [4.78, 5) is 11.4. The summed E-state index contributed by atoms with van der Waals surface area (Å²) in [6.45, 7) is 3.47. The van der Waals surface area contributed by atoms with Gasteiger partial charge in [-0.1, -0.05) is 24.0 Å². The van der Waals surface area contributed by atoms with Crippen LogP contribution in [0.3, 0.4) is 0 Å². The van der Waals surface area contributed by atoms with E-state index < -0.39 is 0 Å². The number of Topliss-reactive ketones (excluding diaryl/α,β-unsaturated/α-hetero) is 1. The van der Waals surface area contributed by atoms with Gasteiger partial charge in [0.2, 0.25) is 0 Å². The van der Waals surface area contributed by atoms with Crippen molar-refractivity contribution in [2.75, 3.05) is 0 Å². The van der Waals surface area contributed by atoms with Gasteiger partial charge in [-0.25, -0.2) is 0 Å². The van der Waals surface area contributed by atoms with Crippen LogP contribution in [0, 0.1) is 29.6 Å². The van der Waals surface area contributed by atoms with Crippen LogP contribution in [0.2, 0.25) is 0 Å². The van der Waals surface area contributed by atoms with Crippen molar-refractivity contribution in [3.63, 3.8) is 0 Å². The molecule has 0 radical (unpaired) electrons. The van der Waals surface area contributed by atoms with Gasteiger partial charge in [0.1, 0.15) is 0 Å². The first-order chi connectivity index (χ1) is 9.47. The van der Waals surface area contributed by atoms with Crippen molar-refractivity contribution in [2.45, 2.75) is 13.8 Å². The van der Waals surface area contributed by atoms with Crippen LogP contribution in [0.4, 0.5) is 0 Å². The molecule has 20 heavy (non-hydrogen) atoms. The third-order valence-corrected chi connectivity index (χ3v) is 3.01.